The van der Waals surface area contributed by atoms with Gasteiger partial charge in [0, 0.05) is 23.6 Å². The number of hydrogen-bond donors (Lipinski definition) is 1. The van der Waals surface area contributed by atoms with E-state index in [1.165, 1.54) is 0 Å². The number of rotatable bonds is 6. The third kappa shape index (κ3) is 3.31. The number of carbonyl (C=O) groups excluding carboxylic acids is 1. The van der Waals surface area contributed by atoms with Gasteiger partial charge in [0.25, 0.3) is 5.91 Å². The van der Waals surface area contributed by atoms with E-state index >= 15 is 0 Å². The van der Waals surface area contributed by atoms with Crippen molar-refractivity contribution in [3.05, 3.63) is 17.5 Å². The molecule has 0 aromatic carbocycles. The summed E-state index contributed by atoms with van der Waals surface area (Å²) in [5.41, 5.74) is 1.51. The number of amides is 1. The van der Waals surface area contributed by atoms with Crippen LogP contribution in [-0.2, 0) is 0 Å². The highest BCUT2D eigenvalue weighted by Crippen LogP contribution is 2.15. The molecular formula is C12H20BrN3O. The second kappa shape index (κ2) is 6.79. The molecule has 1 heterocycles. The Morgan fingerprint density at radius 3 is 2.59 bits per heavy atom. The van der Waals surface area contributed by atoms with E-state index in [4.69, 9.17) is 0 Å². The van der Waals surface area contributed by atoms with Gasteiger partial charge in [-0.2, -0.15) is 5.10 Å². The number of nitrogens with zero attached hydrogens (tertiary/aromatic N) is 2. The van der Waals surface area contributed by atoms with E-state index in [0.29, 0.717) is 11.6 Å². The second-order valence-electron chi connectivity index (χ2n) is 4.07. The zero-order chi connectivity index (χ0) is 12.8. The normalized spacial score (nSPS) is 10.9. The van der Waals surface area contributed by atoms with Crippen LogP contribution in [0.5, 0.6) is 0 Å². The van der Waals surface area contributed by atoms with Crippen LogP contribution in [0.2, 0.25) is 0 Å². The van der Waals surface area contributed by atoms with Crippen LogP contribution >= 0.6 is 15.9 Å². The fourth-order valence-electron chi connectivity index (χ4n) is 1.99. The predicted octanol–water partition coefficient (Wildman–Crippen LogP) is 2.74. The summed E-state index contributed by atoms with van der Waals surface area (Å²) in [4.78, 5) is 14.4. The third-order valence-electron chi connectivity index (χ3n) is 3.03. The molecule has 0 spiro atoms. The molecule has 1 N–H and O–H groups in total. The Kier molecular flexibility index (Phi) is 5.68. The van der Waals surface area contributed by atoms with Crippen molar-refractivity contribution in [2.24, 2.45) is 0 Å². The Hall–Kier alpha value is -0.840. The summed E-state index contributed by atoms with van der Waals surface area (Å²) >= 11 is 3.41. The minimum absolute atomic E-state index is 0.0735. The highest BCUT2D eigenvalue weighted by Gasteiger charge is 2.23. The van der Waals surface area contributed by atoms with Gasteiger partial charge in [-0.1, -0.05) is 29.8 Å². The van der Waals surface area contributed by atoms with Gasteiger partial charge in [0.15, 0.2) is 0 Å². The van der Waals surface area contributed by atoms with Crippen molar-refractivity contribution in [1.82, 2.24) is 15.1 Å². The molecule has 0 aliphatic carbocycles. The quantitative estimate of drug-likeness (QED) is 0.821. The van der Waals surface area contributed by atoms with E-state index in [-0.39, 0.29) is 5.91 Å². The Labute approximate surface area is 111 Å². The largest absolute Gasteiger partial charge is 0.335 e. The number of halogens is 1. The van der Waals surface area contributed by atoms with E-state index in [9.17, 15) is 4.79 Å². The van der Waals surface area contributed by atoms with Crippen LogP contribution in [0.1, 0.15) is 42.7 Å². The number of aromatic amines is 1. The number of carbonyl (C=O) groups is 1. The molecule has 96 valence electrons. The van der Waals surface area contributed by atoms with E-state index < -0.39 is 0 Å². The van der Waals surface area contributed by atoms with Crippen molar-refractivity contribution in [2.75, 3.05) is 11.9 Å². The van der Waals surface area contributed by atoms with Crippen LogP contribution in [0, 0.1) is 6.92 Å². The van der Waals surface area contributed by atoms with Crippen molar-refractivity contribution >= 4 is 21.8 Å². The van der Waals surface area contributed by atoms with Crippen LogP contribution < -0.4 is 0 Å². The van der Waals surface area contributed by atoms with Crippen molar-refractivity contribution in [2.45, 2.75) is 39.7 Å². The average Bonchev–Trinajstić information content (AvgIpc) is 2.75. The molecule has 0 aliphatic rings. The van der Waals surface area contributed by atoms with E-state index in [1.54, 1.807) is 6.20 Å². The highest BCUT2D eigenvalue weighted by atomic mass is 79.9. The molecule has 1 aromatic rings. The van der Waals surface area contributed by atoms with Gasteiger partial charge < -0.3 is 4.90 Å². The zero-order valence-electron chi connectivity index (χ0n) is 10.7. The zero-order valence-corrected chi connectivity index (χ0v) is 12.2. The standard InChI is InChI=1S/C12H20BrN3O/c1-4-10(5-2)16(7-6-13)12(17)11-8-14-15-9(11)3/h8,10H,4-7H2,1-3H3,(H,14,15). The molecule has 0 aliphatic heterocycles. The maximum atomic E-state index is 12.4. The minimum atomic E-state index is 0.0735. The Bertz CT molecular complexity index is 360. The summed E-state index contributed by atoms with van der Waals surface area (Å²) in [5, 5.41) is 7.52. The molecule has 0 unspecified atom stereocenters. The fraction of sp³-hybridized carbons (Fsp3) is 0.667. The van der Waals surface area contributed by atoms with E-state index in [2.05, 4.69) is 40.0 Å². The Balaban J connectivity index is 2.91. The number of H-pyrrole nitrogens is 1. The lowest BCUT2D eigenvalue weighted by Gasteiger charge is -2.30. The summed E-state index contributed by atoms with van der Waals surface area (Å²) in [5.74, 6) is 0.0735. The lowest BCUT2D eigenvalue weighted by molar-refractivity contribution is 0.0682. The summed E-state index contributed by atoms with van der Waals surface area (Å²) in [6.45, 7) is 6.84. The molecular weight excluding hydrogens is 282 g/mol. The smallest absolute Gasteiger partial charge is 0.257 e. The van der Waals surface area contributed by atoms with Gasteiger partial charge >= 0.3 is 0 Å². The monoisotopic (exact) mass is 301 g/mol. The number of nitrogens with one attached hydrogen (secondary N) is 1. The number of hydrogen-bond acceptors (Lipinski definition) is 2. The molecule has 5 heteroatoms. The molecule has 17 heavy (non-hydrogen) atoms. The lowest BCUT2D eigenvalue weighted by Crippen LogP contribution is -2.41. The second-order valence-corrected chi connectivity index (χ2v) is 4.86. The van der Waals surface area contributed by atoms with Crippen LogP contribution in [-0.4, -0.2) is 38.9 Å². The van der Waals surface area contributed by atoms with Gasteiger partial charge in [-0.05, 0) is 19.8 Å². The first kappa shape index (κ1) is 14.2. The molecule has 0 saturated heterocycles. The van der Waals surface area contributed by atoms with Crippen LogP contribution in [0.15, 0.2) is 6.20 Å². The first-order valence-corrected chi connectivity index (χ1v) is 7.14. The number of aryl methyl sites for hydroxylation is 1. The van der Waals surface area contributed by atoms with Gasteiger partial charge in [0.05, 0.1) is 11.8 Å². The van der Waals surface area contributed by atoms with E-state index in [0.717, 1.165) is 30.4 Å². The molecule has 4 nitrogen and oxygen atoms in total. The van der Waals surface area contributed by atoms with Gasteiger partial charge in [-0.3, -0.25) is 9.89 Å². The molecule has 0 saturated carbocycles. The van der Waals surface area contributed by atoms with E-state index in [1.807, 2.05) is 11.8 Å². The van der Waals surface area contributed by atoms with Gasteiger partial charge in [-0.25, -0.2) is 0 Å². The molecule has 1 amide bonds. The van der Waals surface area contributed by atoms with Crippen LogP contribution in [0.4, 0.5) is 0 Å². The van der Waals surface area contributed by atoms with Crippen molar-refractivity contribution in [1.29, 1.82) is 0 Å². The maximum Gasteiger partial charge on any atom is 0.257 e. The molecule has 1 rings (SSSR count). The average molecular weight is 302 g/mol. The summed E-state index contributed by atoms with van der Waals surface area (Å²) < 4.78 is 0. The Morgan fingerprint density at radius 2 is 2.18 bits per heavy atom. The minimum Gasteiger partial charge on any atom is -0.335 e. The lowest BCUT2D eigenvalue weighted by atomic mass is 10.1. The summed E-state index contributed by atoms with van der Waals surface area (Å²) in [7, 11) is 0. The van der Waals surface area contributed by atoms with Gasteiger partial charge in [0.1, 0.15) is 0 Å². The van der Waals surface area contributed by atoms with Gasteiger partial charge in [-0.15, -0.1) is 0 Å². The fourth-order valence-corrected chi connectivity index (χ4v) is 2.37. The molecule has 0 bridgehead atoms. The SMILES string of the molecule is CCC(CC)N(CCBr)C(=O)c1cn[nH]c1C. The highest BCUT2D eigenvalue weighted by molar-refractivity contribution is 9.09. The molecule has 1 aromatic heterocycles. The van der Waals surface area contributed by atoms with Crippen LogP contribution in [0.3, 0.4) is 0 Å². The Morgan fingerprint density at radius 1 is 1.53 bits per heavy atom. The molecule has 0 fully saturated rings. The number of alkyl halides is 1. The van der Waals surface area contributed by atoms with Gasteiger partial charge in [0.2, 0.25) is 0 Å². The third-order valence-corrected chi connectivity index (χ3v) is 3.38. The number of aromatic nitrogens is 2. The van der Waals surface area contributed by atoms with Crippen molar-refractivity contribution in [3.8, 4) is 0 Å². The molecule has 0 radical (unpaired) electrons. The topological polar surface area (TPSA) is 49.0 Å². The first-order chi connectivity index (χ1) is 8.15. The summed E-state index contributed by atoms with van der Waals surface area (Å²) in [6.07, 6.45) is 3.57. The van der Waals surface area contributed by atoms with Crippen molar-refractivity contribution in [3.63, 3.8) is 0 Å². The maximum absolute atomic E-state index is 12.4. The summed E-state index contributed by atoms with van der Waals surface area (Å²) in [6, 6.07) is 0.300. The van der Waals surface area contributed by atoms with Crippen molar-refractivity contribution < 1.29 is 4.79 Å². The van der Waals surface area contributed by atoms with Crippen LogP contribution in [0.25, 0.3) is 0 Å². The first-order valence-electron chi connectivity index (χ1n) is 6.02. The predicted molar refractivity (Wildman–Crippen MR) is 72.5 cm³/mol. The molecule has 0 atom stereocenters.